The number of benzene rings is 2. The van der Waals surface area contributed by atoms with Crippen LogP contribution in [0.2, 0.25) is 0 Å². The molecule has 0 saturated heterocycles. The number of hydrogen-bond donors (Lipinski definition) is 0. The predicted molar refractivity (Wildman–Crippen MR) is 129 cm³/mol. The van der Waals surface area contributed by atoms with E-state index in [0.29, 0.717) is 0 Å². The molecule has 3 aromatic heterocycles. The minimum atomic E-state index is 0. The van der Waals surface area contributed by atoms with Gasteiger partial charge in [0, 0.05) is 0 Å². The smallest absolute Gasteiger partial charge is 1.00 e. The molecule has 0 atom stereocenters. The molecule has 0 bridgehead atoms. The van der Waals surface area contributed by atoms with E-state index >= 15 is 0 Å². The van der Waals surface area contributed by atoms with Gasteiger partial charge in [-0.05, 0) is 64.6 Å². The van der Waals surface area contributed by atoms with Crippen LogP contribution in [0.5, 0.6) is 0 Å². The summed E-state index contributed by atoms with van der Waals surface area (Å²) in [6.07, 6.45) is 0. The summed E-state index contributed by atoms with van der Waals surface area (Å²) in [4.78, 5) is 19.2. The Hall–Kier alpha value is -2.17. The quantitative estimate of drug-likeness (QED) is 0.199. The SMILES string of the molecule is CN(C)Cn1c(-c2cccc(-c3nc4ccccc4n3CN(C)C)n2)nc2ccccc21.[Cl-].[Cl-].[Cl-].[Co+3]. The van der Waals surface area contributed by atoms with Gasteiger partial charge >= 0.3 is 16.8 Å². The fraction of sp³-hybridized carbons (Fsp3) is 0.240. The first-order valence-electron chi connectivity index (χ1n) is 10.7. The predicted octanol–water partition coefficient (Wildman–Crippen LogP) is -4.84. The summed E-state index contributed by atoms with van der Waals surface area (Å²) in [5, 5.41) is 0. The Bertz CT molecular complexity index is 1310. The molecule has 0 unspecified atom stereocenters. The van der Waals surface area contributed by atoms with Crippen LogP contribution in [0.25, 0.3) is 45.1 Å². The van der Waals surface area contributed by atoms with E-state index in [4.69, 9.17) is 15.0 Å². The van der Waals surface area contributed by atoms with Crippen molar-refractivity contribution in [1.29, 1.82) is 0 Å². The van der Waals surface area contributed by atoms with Crippen molar-refractivity contribution in [2.75, 3.05) is 28.2 Å². The summed E-state index contributed by atoms with van der Waals surface area (Å²) in [5.41, 5.74) is 5.81. The number of halogens is 3. The standard InChI is InChI=1S/C25H27N7.3ClH.Co/c1-29(2)16-31-22-14-7-5-10-18(22)27-24(31)20-12-9-13-21(26-20)25-28-19-11-6-8-15-23(19)32(25)17-30(3)4;;;;/h5-15H,16-17H2,1-4H3;3*1H;/q;;;;+3/p-3. The molecule has 0 aliphatic rings. The fourth-order valence-electron chi connectivity index (χ4n) is 4.08. The maximum atomic E-state index is 5.04. The van der Waals surface area contributed by atoms with Crippen molar-refractivity contribution in [3.8, 4) is 23.0 Å². The van der Waals surface area contributed by atoms with Gasteiger partial charge in [-0.3, -0.25) is 9.80 Å². The van der Waals surface area contributed by atoms with E-state index in [1.165, 1.54) is 0 Å². The van der Waals surface area contributed by atoms with E-state index in [1.807, 2.05) is 54.6 Å². The Labute approximate surface area is 240 Å². The molecule has 5 rings (SSSR count). The minimum absolute atomic E-state index is 0. The number of imidazole rings is 2. The third-order valence-corrected chi connectivity index (χ3v) is 5.36. The Morgan fingerprint density at radius 3 is 1.33 bits per heavy atom. The first-order chi connectivity index (χ1) is 15.5. The number of hydrogen-bond acceptors (Lipinski definition) is 5. The number of fused-ring (bicyclic) bond motifs is 2. The first kappa shape index (κ1) is 31.9. The van der Waals surface area contributed by atoms with Crippen LogP contribution in [-0.4, -0.2) is 62.1 Å². The van der Waals surface area contributed by atoms with Crippen LogP contribution in [0.4, 0.5) is 0 Å². The molecular weight excluding hydrogens is 564 g/mol. The van der Waals surface area contributed by atoms with Gasteiger partial charge in [-0.1, -0.05) is 30.3 Å². The van der Waals surface area contributed by atoms with Gasteiger partial charge in [-0.2, -0.15) is 0 Å². The van der Waals surface area contributed by atoms with E-state index < -0.39 is 0 Å². The summed E-state index contributed by atoms with van der Waals surface area (Å²) in [6, 6.07) is 22.5. The first-order valence-corrected chi connectivity index (χ1v) is 10.7. The van der Waals surface area contributed by atoms with Crippen LogP contribution in [0.3, 0.4) is 0 Å². The molecule has 0 radical (unpaired) electrons. The van der Waals surface area contributed by atoms with Crippen molar-refractivity contribution in [2.45, 2.75) is 13.3 Å². The van der Waals surface area contributed by atoms with Crippen molar-refractivity contribution in [3.05, 3.63) is 66.7 Å². The molecule has 3 heterocycles. The monoisotopic (exact) mass is 589 g/mol. The van der Waals surface area contributed by atoms with Gasteiger partial charge in [-0.25, -0.2) is 15.0 Å². The zero-order valence-corrected chi connectivity index (χ0v) is 23.7. The van der Waals surface area contributed by atoms with E-state index in [9.17, 15) is 0 Å². The molecule has 0 amide bonds. The van der Waals surface area contributed by atoms with E-state index in [1.54, 1.807) is 0 Å². The maximum Gasteiger partial charge on any atom is 3.00 e. The molecule has 0 spiro atoms. The largest absolute Gasteiger partial charge is 3.00 e. The van der Waals surface area contributed by atoms with Gasteiger partial charge in [0.05, 0.1) is 35.4 Å². The van der Waals surface area contributed by atoms with Gasteiger partial charge < -0.3 is 46.4 Å². The Morgan fingerprint density at radius 2 is 0.944 bits per heavy atom. The van der Waals surface area contributed by atoms with Crippen LogP contribution < -0.4 is 37.2 Å². The molecule has 192 valence electrons. The summed E-state index contributed by atoms with van der Waals surface area (Å²) in [7, 11) is 8.25. The zero-order valence-electron chi connectivity index (χ0n) is 20.4. The van der Waals surface area contributed by atoms with E-state index in [-0.39, 0.29) is 54.0 Å². The molecule has 36 heavy (non-hydrogen) atoms. The third kappa shape index (κ3) is 6.20. The molecule has 5 aromatic rings. The van der Waals surface area contributed by atoms with E-state index in [0.717, 1.165) is 58.4 Å². The van der Waals surface area contributed by atoms with Crippen LogP contribution in [0, 0.1) is 0 Å². The molecule has 0 saturated carbocycles. The molecule has 0 N–H and O–H groups in total. The second kappa shape index (κ2) is 13.4. The van der Waals surface area contributed by atoms with E-state index in [2.05, 4.69) is 59.3 Å². The average molecular weight is 591 g/mol. The zero-order chi connectivity index (χ0) is 22.2. The Morgan fingerprint density at radius 1 is 0.556 bits per heavy atom. The normalized spacial score (nSPS) is 10.6. The minimum Gasteiger partial charge on any atom is -1.00 e. The van der Waals surface area contributed by atoms with Gasteiger partial charge in [0.2, 0.25) is 0 Å². The van der Waals surface area contributed by atoms with Gasteiger partial charge in [0.1, 0.15) is 11.4 Å². The number of pyridine rings is 1. The summed E-state index contributed by atoms with van der Waals surface area (Å²) < 4.78 is 4.43. The van der Waals surface area contributed by atoms with Gasteiger partial charge in [0.15, 0.2) is 11.6 Å². The molecule has 7 nitrogen and oxygen atoms in total. The summed E-state index contributed by atoms with van der Waals surface area (Å²) in [5.74, 6) is 1.72. The van der Waals surface area contributed by atoms with Crippen molar-refractivity contribution < 1.29 is 54.0 Å². The van der Waals surface area contributed by atoms with Crippen LogP contribution in [0.15, 0.2) is 66.7 Å². The number of nitrogens with zero attached hydrogens (tertiary/aromatic N) is 7. The van der Waals surface area contributed by atoms with Crippen molar-refractivity contribution in [2.24, 2.45) is 0 Å². The third-order valence-electron chi connectivity index (χ3n) is 5.36. The molecule has 0 fully saturated rings. The summed E-state index contributed by atoms with van der Waals surface area (Å²) in [6.45, 7) is 1.45. The van der Waals surface area contributed by atoms with Crippen LogP contribution in [0.1, 0.15) is 0 Å². The van der Waals surface area contributed by atoms with Crippen LogP contribution >= 0.6 is 0 Å². The second-order valence-corrected chi connectivity index (χ2v) is 8.55. The maximum absolute atomic E-state index is 5.04. The number of aromatic nitrogens is 5. The van der Waals surface area contributed by atoms with Crippen LogP contribution in [-0.2, 0) is 30.1 Å². The molecule has 11 heteroatoms. The summed E-state index contributed by atoms with van der Waals surface area (Å²) >= 11 is 0. The molecule has 0 aliphatic heterocycles. The fourth-order valence-corrected chi connectivity index (χ4v) is 4.08. The molecular formula is C25H27Cl3CoN7. The second-order valence-electron chi connectivity index (χ2n) is 8.55. The van der Waals surface area contributed by atoms with Gasteiger partial charge in [-0.15, -0.1) is 0 Å². The topological polar surface area (TPSA) is 55.0 Å². The Kier molecular flexibility index (Phi) is 11.9. The molecule has 0 aliphatic carbocycles. The van der Waals surface area contributed by atoms with Crippen molar-refractivity contribution in [1.82, 2.24) is 33.9 Å². The van der Waals surface area contributed by atoms with Crippen molar-refractivity contribution >= 4 is 22.1 Å². The molecule has 2 aromatic carbocycles. The van der Waals surface area contributed by atoms with Gasteiger partial charge in [0.25, 0.3) is 0 Å². The Balaban J connectivity index is 0.00000162. The number of rotatable bonds is 6. The van der Waals surface area contributed by atoms with Crippen molar-refractivity contribution in [3.63, 3.8) is 0 Å². The average Bonchev–Trinajstić information content (AvgIpc) is 3.32. The number of para-hydroxylation sites is 4.